The van der Waals surface area contributed by atoms with Crippen molar-refractivity contribution in [2.24, 2.45) is 5.73 Å². The Morgan fingerprint density at radius 1 is 0.967 bits per heavy atom. The molecule has 1 unspecified atom stereocenters. The van der Waals surface area contributed by atoms with Crippen molar-refractivity contribution in [1.82, 2.24) is 10.3 Å². The lowest BCUT2D eigenvalue weighted by molar-refractivity contribution is -0.156. The van der Waals surface area contributed by atoms with E-state index in [2.05, 4.69) is 4.98 Å². The van der Waals surface area contributed by atoms with Crippen LogP contribution in [0.5, 0.6) is 0 Å². The molecular formula is C19H13F6N3O2. The molecule has 0 aliphatic rings. The monoisotopic (exact) mass is 429 g/mol. The summed E-state index contributed by atoms with van der Waals surface area (Å²) >= 11 is 0. The average molecular weight is 429 g/mol. The minimum atomic E-state index is -5.05. The minimum Gasteiger partial charge on any atom is -0.366 e. The number of amides is 2. The van der Waals surface area contributed by atoms with Crippen LogP contribution in [0.2, 0.25) is 0 Å². The van der Waals surface area contributed by atoms with Crippen molar-refractivity contribution in [2.45, 2.75) is 18.4 Å². The smallest absolute Gasteiger partial charge is 0.366 e. The van der Waals surface area contributed by atoms with Crippen LogP contribution in [0.25, 0.3) is 10.9 Å². The molecule has 2 amide bonds. The molecule has 1 heterocycles. The minimum absolute atomic E-state index is 0.130. The molecule has 3 aromatic rings. The summed E-state index contributed by atoms with van der Waals surface area (Å²) < 4.78 is 79.1. The Morgan fingerprint density at radius 3 is 2.27 bits per heavy atom. The largest absolute Gasteiger partial charge is 0.416 e. The summed E-state index contributed by atoms with van der Waals surface area (Å²) in [5, 5.41) is 2.06. The molecule has 2 aromatic carbocycles. The highest BCUT2D eigenvalue weighted by Crippen LogP contribution is 2.36. The molecule has 0 fully saturated rings. The van der Waals surface area contributed by atoms with Crippen molar-refractivity contribution in [3.05, 3.63) is 70.9 Å². The number of nitrogens with one attached hydrogen (secondary N) is 2. The number of H-pyrrole nitrogens is 1. The predicted octanol–water partition coefficient (Wildman–Crippen LogP) is 4.32. The normalized spacial score (nSPS) is 13.3. The molecule has 0 saturated heterocycles. The maximum Gasteiger partial charge on any atom is 0.416 e. The Morgan fingerprint density at radius 2 is 1.67 bits per heavy atom. The van der Waals surface area contributed by atoms with Gasteiger partial charge >= 0.3 is 12.4 Å². The maximum atomic E-state index is 13.5. The number of hydrogen-bond acceptors (Lipinski definition) is 2. The maximum absolute atomic E-state index is 13.5. The molecule has 5 nitrogen and oxygen atoms in total. The summed E-state index contributed by atoms with van der Waals surface area (Å²) in [5.41, 5.74) is 3.34. The van der Waals surface area contributed by atoms with E-state index >= 15 is 0 Å². The fourth-order valence-electron chi connectivity index (χ4n) is 2.87. The molecule has 0 spiro atoms. The number of benzene rings is 2. The van der Waals surface area contributed by atoms with Gasteiger partial charge in [-0.1, -0.05) is 12.1 Å². The fraction of sp³-hybridized carbons (Fsp3) is 0.158. The fourth-order valence-corrected chi connectivity index (χ4v) is 2.87. The van der Waals surface area contributed by atoms with Crippen LogP contribution in [0.3, 0.4) is 0 Å². The highest BCUT2D eigenvalue weighted by atomic mass is 19.4. The van der Waals surface area contributed by atoms with E-state index in [1.807, 2.05) is 0 Å². The summed E-state index contributed by atoms with van der Waals surface area (Å²) in [7, 11) is 0. The molecular weight excluding hydrogens is 416 g/mol. The van der Waals surface area contributed by atoms with Crippen molar-refractivity contribution < 1.29 is 35.9 Å². The lowest BCUT2D eigenvalue weighted by Gasteiger charge is -2.22. The third-order valence-electron chi connectivity index (χ3n) is 4.30. The predicted molar refractivity (Wildman–Crippen MR) is 94.5 cm³/mol. The van der Waals surface area contributed by atoms with Crippen molar-refractivity contribution in [3.63, 3.8) is 0 Å². The second-order valence-electron chi connectivity index (χ2n) is 6.42. The van der Waals surface area contributed by atoms with Crippen LogP contribution in [0, 0.1) is 0 Å². The number of hydrogen-bond donors (Lipinski definition) is 3. The third-order valence-corrected chi connectivity index (χ3v) is 4.30. The van der Waals surface area contributed by atoms with Crippen LogP contribution in [0.15, 0.2) is 48.5 Å². The van der Waals surface area contributed by atoms with Crippen LogP contribution in [0.4, 0.5) is 26.3 Å². The van der Waals surface area contributed by atoms with E-state index in [0.717, 1.165) is 12.1 Å². The second-order valence-corrected chi connectivity index (χ2v) is 6.42. The number of alkyl halides is 6. The summed E-state index contributed by atoms with van der Waals surface area (Å²) in [4.78, 5) is 26.2. The Balaban J connectivity index is 1.93. The van der Waals surface area contributed by atoms with E-state index < -0.39 is 41.3 Å². The van der Waals surface area contributed by atoms with Crippen molar-refractivity contribution in [2.75, 3.05) is 0 Å². The summed E-state index contributed by atoms with van der Waals surface area (Å²) in [6.45, 7) is 0. The van der Waals surface area contributed by atoms with Crippen LogP contribution in [-0.2, 0) is 6.18 Å². The first-order valence-electron chi connectivity index (χ1n) is 8.33. The molecule has 0 saturated carbocycles. The number of aromatic amines is 1. The molecule has 0 aliphatic heterocycles. The van der Waals surface area contributed by atoms with Crippen molar-refractivity contribution >= 4 is 22.7 Å². The van der Waals surface area contributed by atoms with Gasteiger partial charge in [0.25, 0.3) is 5.91 Å². The topological polar surface area (TPSA) is 88.0 Å². The number of rotatable bonds is 4. The van der Waals surface area contributed by atoms with Crippen LogP contribution >= 0.6 is 0 Å². The average Bonchev–Trinajstić information content (AvgIpc) is 3.07. The van der Waals surface area contributed by atoms with Gasteiger partial charge in [0.15, 0.2) is 6.04 Å². The zero-order valence-electron chi connectivity index (χ0n) is 14.9. The van der Waals surface area contributed by atoms with Gasteiger partial charge < -0.3 is 16.0 Å². The molecule has 1 atom stereocenters. The quantitative estimate of drug-likeness (QED) is 0.540. The summed E-state index contributed by atoms with van der Waals surface area (Å²) in [6.07, 6.45) is -9.89. The van der Waals surface area contributed by atoms with Gasteiger partial charge in [0.05, 0.1) is 5.56 Å². The van der Waals surface area contributed by atoms with E-state index in [4.69, 9.17) is 5.73 Å². The number of aromatic nitrogens is 1. The zero-order chi connectivity index (χ0) is 22.3. The SMILES string of the molecule is NC(=O)c1ccc2[nH]c(C(=O)NC(c3cccc(C(F)(F)F)c3)C(F)(F)F)cc2c1. The van der Waals surface area contributed by atoms with Crippen molar-refractivity contribution in [3.8, 4) is 0 Å². The molecule has 1 aromatic heterocycles. The Labute approximate surface area is 164 Å². The van der Waals surface area contributed by atoms with Crippen LogP contribution in [0.1, 0.15) is 38.0 Å². The van der Waals surface area contributed by atoms with Gasteiger partial charge in [0.2, 0.25) is 5.91 Å². The lowest BCUT2D eigenvalue weighted by atomic mass is 10.0. The van der Waals surface area contributed by atoms with E-state index in [1.54, 1.807) is 5.32 Å². The Hall–Kier alpha value is -3.50. The highest BCUT2D eigenvalue weighted by molar-refractivity contribution is 6.01. The van der Waals surface area contributed by atoms with E-state index in [-0.39, 0.29) is 11.3 Å². The molecule has 0 aliphatic carbocycles. The molecule has 30 heavy (non-hydrogen) atoms. The first-order chi connectivity index (χ1) is 13.9. The molecule has 0 bridgehead atoms. The standard InChI is InChI=1S/C19H13F6N3O2/c20-18(21,22)12-3-1-2-9(7-12)15(19(23,24)25)28-17(30)14-8-11-6-10(16(26)29)4-5-13(11)27-14/h1-8,15,27H,(H2,26,29)(H,28,30). The van der Waals surface area contributed by atoms with E-state index in [1.165, 1.54) is 24.3 Å². The van der Waals surface area contributed by atoms with Gasteiger partial charge in [-0.15, -0.1) is 0 Å². The number of nitrogens with two attached hydrogens (primary N) is 1. The lowest BCUT2D eigenvalue weighted by Crippen LogP contribution is -2.38. The van der Waals surface area contributed by atoms with E-state index in [9.17, 15) is 35.9 Å². The van der Waals surface area contributed by atoms with Gasteiger partial charge in [-0.2, -0.15) is 26.3 Å². The molecule has 11 heteroatoms. The van der Waals surface area contributed by atoms with Gasteiger partial charge in [0, 0.05) is 16.5 Å². The first-order valence-corrected chi connectivity index (χ1v) is 8.33. The van der Waals surface area contributed by atoms with Crippen LogP contribution < -0.4 is 11.1 Å². The number of primary amides is 1. The molecule has 158 valence electrons. The summed E-state index contributed by atoms with van der Waals surface area (Å²) in [6, 6.07) is 5.31. The Kier molecular flexibility index (Phi) is 5.23. The first kappa shape index (κ1) is 21.2. The van der Waals surface area contributed by atoms with Gasteiger partial charge in [-0.25, -0.2) is 0 Å². The number of carbonyl (C=O) groups is 2. The highest BCUT2D eigenvalue weighted by Gasteiger charge is 2.43. The van der Waals surface area contributed by atoms with Gasteiger partial charge in [0.1, 0.15) is 5.69 Å². The molecule has 0 radical (unpaired) electrons. The van der Waals surface area contributed by atoms with Gasteiger partial charge in [-0.3, -0.25) is 9.59 Å². The van der Waals surface area contributed by atoms with Gasteiger partial charge in [-0.05, 0) is 42.0 Å². The van der Waals surface area contributed by atoms with Crippen LogP contribution in [-0.4, -0.2) is 23.0 Å². The third kappa shape index (κ3) is 4.39. The number of fused-ring (bicyclic) bond motifs is 1. The summed E-state index contributed by atoms with van der Waals surface area (Å²) in [5.74, 6) is -1.92. The van der Waals surface area contributed by atoms with Crippen molar-refractivity contribution in [1.29, 1.82) is 0 Å². The second kappa shape index (κ2) is 7.39. The number of carbonyl (C=O) groups excluding carboxylic acids is 2. The Bertz CT molecular complexity index is 1120. The van der Waals surface area contributed by atoms with E-state index in [0.29, 0.717) is 23.0 Å². The number of halogens is 6. The molecule has 4 N–H and O–H groups in total. The molecule has 3 rings (SSSR count). The zero-order valence-corrected chi connectivity index (χ0v) is 14.9.